The zero-order chi connectivity index (χ0) is 13.0. The Morgan fingerprint density at radius 1 is 1.11 bits per heavy atom. The second-order valence-corrected chi connectivity index (χ2v) is 4.01. The van der Waals surface area contributed by atoms with E-state index in [0.29, 0.717) is 17.8 Å². The third-order valence-corrected chi connectivity index (χ3v) is 2.76. The maximum absolute atomic E-state index is 12.4. The number of nitrogens with two attached hydrogens (primary N) is 1. The molecule has 0 saturated carbocycles. The average molecular weight is 240 g/mol. The minimum absolute atomic E-state index is 0.0315. The van der Waals surface area contributed by atoms with Gasteiger partial charge in [0.25, 0.3) is 5.91 Å². The molecule has 92 valence electrons. The number of nitrogen functional groups attached to an aromatic ring is 1. The van der Waals surface area contributed by atoms with Crippen LogP contribution in [0.25, 0.3) is 0 Å². The van der Waals surface area contributed by atoms with Crippen LogP contribution < -0.4 is 10.6 Å². The van der Waals surface area contributed by atoms with Crippen LogP contribution >= 0.6 is 0 Å². The van der Waals surface area contributed by atoms with E-state index in [1.165, 1.54) is 0 Å². The van der Waals surface area contributed by atoms with Gasteiger partial charge in [0.1, 0.15) is 0 Å². The van der Waals surface area contributed by atoms with E-state index in [2.05, 4.69) is 0 Å². The second-order valence-electron chi connectivity index (χ2n) is 4.01. The van der Waals surface area contributed by atoms with Crippen molar-refractivity contribution in [3.05, 3.63) is 60.2 Å². The molecule has 2 aromatic rings. The number of rotatable bonds is 3. The Hall–Kier alpha value is -2.29. The van der Waals surface area contributed by atoms with Crippen LogP contribution in [-0.4, -0.2) is 12.5 Å². The van der Waals surface area contributed by atoms with Gasteiger partial charge in [-0.25, -0.2) is 0 Å². The van der Waals surface area contributed by atoms with Crippen LogP contribution in [0.5, 0.6) is 0 Å². The molecule has 3 nitrogen and oxygen atoms in total. The fraction of sp³-hybridized carbons (Fsp3) is 0.133. The van der Waals surface area contributed by atoms with Crippen molar-refractivity contribution in [2.45, 2.75) is 6.92 Å². The summed E-state index contributed by atoms with van der Waals surface area (Å²) in [5, 5.41) is 0. The third-order valence-electron chi connectivity index (χ3n) is 2.76. The van der Waals surface area contributed by atoms with E-state index < -0.39 is 0 Å². The van der Waals surface area contributed by atoms with Gasteiger partial charge in [-0.2, -0.15) is 0 Å². The van der Waals surface area contributed by atoms with E-state index >= 15 is 0 Å². The molecule has 1 amide bonds. The van der Waals surface area contributed by atoms with Crippen LogP contribution in [0.2, 0.25) is 0 Å². The molecule has 2 N–H and O–H groups in total. The molecule has 0 bridgehead atoms. The topological polar surface area (TPSA) is 46.3 Å². The van der Waals surface area contributed by atoms with Gasteiger partial charge in [0.2, 0.25) is 0 Å². The van der Waals surface area contributed by atoms with Gasteiger partial charge in [0.15, 0.2) is 0 Å². The minimum Gasteiger partial charge on any atom is -0.399 e. The average Bonchev–Trinajstić information content (AvgIpc) is 2.41. The Balaban J connectivity index is 2.32. The molecule has 2 rings (SSSR count). The van der Waals surface area contributed by atoms with Crippen molar-refractivity contribution in [2.75, 3.05) is 17.2 Å². The van der Waals surface area contributed by atoms with Crippen LogP contribution in [0, 0.1) is 0 Å². The Kier molecular flexibility index (Phi) is 3.63. The van der Waals surface area contributed by atoms with E-state index in [4.69, 9.17) is 5.73 Å². The highest BCUT2D eigenvalue weighted by Crippen LogP contribution is 2.17. The first-order valence-corrected chi connectivity index (χ1v) is 5.95. The van der Waals surface area contributed by atoms with Crippen LogP contribution in [0.3, 0.4) is 0 Å². The lowest BCUT2D eigenvalue weighted by molar-refractivity contribution is 0.0988. The normalized spacial score (nSPS) is 10.1. The molecule has 0 aliphatic heterocycles. The summed E-state index contributed by atoms with van der Waals surface area (Å²) in [7, 11) is 0. The summed E-state index contributed by atoms with van der Waals surface area (Å²) in [6.45, 7) is 2.58. The van der Waals surface area contributed by atoms with E-state index in [-0.39, 0.29) is 5.91 Å². The van der Waals surface area contributed by atoms with Gasteiger partial charge in [-0.1, -0.05) is 24.3 Å². The van der Waals surface area contributed by atoms with Gasteiger partial charge in [0, 0.05) is 23.5 Å². The summed E-state index contributed by atoms with van der Waals surface area (Å²) in [5.74, 6) is -0.0315. The largest absolute Gasteiger partial charge is 0.399 e. The summed E-state index contributed by atoms with van der Waals surface area (Å²) in [4.78, 5) is 14.1. The molecular formula is C15H16N2O. The summed E-state index contributed by atoms with van der Waals surface area (Å²) in [5.41, 5.74) is 7.82. The maximum atomic E-state index is 12.4. The zero-order valence-corrected chi connectivity index (χ0v) is 10.3. The van der Waals surface area contributed by atoms with E-state index in [0.717, 1.165) is 5.69 Å². The smallest absolute Gasteiger partial charge is 0.258 e. The molecule has 0 heterocycles. The lowest BCUT2D eigenvalue weighted by Crippen LogP contribution is -2.30. The number of carbonyl (C=O) groups is 1. The van der Waals surface area contributed by atoms with Crippen molar-refractivity contribution in [2.24, 2.45) is 0 Å². The molecule has 0 saturated heterocycles. The molecule has 0 aliphatic rings. The van der Waals surface area contributed by atoms with Crippen molar-refractivity contribution in [1.82, 2.24) is 0 Å². The number of anilines is 2. The second kappa shape index (κ2) is 5.36. The van der Waals surface area contributed by atoms with Gasteiger partial charge in [-0.05, 0) is 37.3 Å². The molecule has 0 radical (unpaired) electrons. The van der Waals surface area contributed by atoms with E-state index in [1.807, 2.05) is 37.3 Å². The Bertz CT molecular complexity index is 537. The Morgan fingerprint density at radius 3 is 2.44 bits per heavy atom. The SMILES string of the molecule is CCN(C(=O)c1cccc(N)c1)c1ccccc1. The Morgan fingerprint density at radius 2 is 1.83 bits per heavy atom. The number of hydrogen-bond acceptors (Lipinski definition) is 2. The molecular weight excluding hydrogens is 224 g/mol. The van der Waals surface area contributed by atoms with Crippen molar-refractivity contribution in [3.8, 4) is 0 Å². The zero-order valence-electron chi connectivity index (χ0n) is 10.3. The van der Waals surface area contributed by atoms with E-state index in [9.17, 15) is 4.79 Å². The van der Waals surface area contributed by atoms with Gasteiger partial charge < -0.3 is 10.6 Å². The maximum Gasteiger partial charge on any atom is 0.258 e. The highest BCUT2D eigenvalue weighted by Gasteiger charge is 2.15. The third kappa shape index (κ3) is 2.51. The molecule has 0 fully saturated rings. The van der Waals surface area contributed by atoms with Gasteiger partial charge >= 0.3 is 0 Å². The van der Waals surface area contributed by atoms with E-state index in [1.54, 1.807) is 29.2 Å². The lowest BCUT2D eigenvalue weighted by atomic mass is 10.1. The Labute approximate surface area is 107 Å². The van der Waals surface area contributed by atoms with Crippen LogP contribution in [0.15, 0.2) is 54.6 Å². The predicted molar refractivity (Wildman–Crippen MR) is 74.6 cm³/mol. The van der Waals surface area contributed by atoms with Crippen molar-refractivity contribution in [1.29, 1.82) is 0 Å². The molecule has 0 aromatic heterocycles. The number of amides is 1. The molecule has 2 aromatic carbocycles. The summed E-state index contributed by atoms with van der Waals surface area (Å²) >= 11 is 0. The van der Waals surface area contributed by atoms with Crippen molar-refractivity contribution < 1.29 is 4.79 Å². The number of benzene rings is 2. The monoisotopic (exact) mass is 240 g/mol. The molecule has 0 atom stereocenters. The van der Waals surface area contributed by atoms with Gasteiger partial charge in [0.05, 0.1) is 0 Å². The lowest BCUT2D eigenvalue weighted by Gasteiger charge is -2.21. The number of para-hydroxylation sites is 1. The van der Waals surface area contributed by atoms with Gasteiger partial charge in [-0.15, -0.1) is 0 Å². The summed E-state index contributed by atoms with van der Waals surface area (Å²) in [6, 6.07) is 16.7. The van der Waals surface area contributed by atoms with Crippen LogP contribution in [0.1, 0.15) is 17.3 Å². The quantitative estimate of drug-likeness (QED) is 0.838. The molecule has 0 aliphatic carbocycles. The fourth-order valence-corrected chi connectivity index (χ4v) is 1.88. The molecule has 18 heavy (non-hydrogen) atoms. The first kappa shape index (κ1) is 12.2. The minimum atomic E-state index is -0.0315. The van der Waals surface area contributed by atoms with Crippen molar-refractivity contribution in [3.63, 3.8) is 0 Å². The highest BCUT2D eigenvalue weighted by molar-refractivity contribution is 6.06. The van der Waals surface area contributed by atoms with Crippen molar-refractivity contribution >= 4 is 17.3 Å². The summed E-state index contributed by atoms with van der Waals surface area (Å²) < 4.78 is 0. The highest BCUT2D eigenvalue weighted by atomic mass is 16.2. The number of hydrogen-bond donors (Lipinski definition) is 1. The standard InChI is InChI=1S/C15H16N2O/c1-2-17(14-9-4-3-5-10-14)15(18)12-7-6-8-13(16)11-12/h3-11H,2,16H2,1H3. The summed E-state index contributed by atoms with van der Waals surface area (Å²) in [6.07, 6.45) is 0. The number of nitrogens with zero attached hydrogens (tertiary/aromatic N) is 1. The van der Waals surface area contributed by atoms with Crippen LogP contribution in [-0.2, 0) is 0 Å². The van der Waals surface area contributed by atoms with Gasteiger partial charge in [-0.3, -0.25) is 4.79 Å². The molecule has 0 unspecified atom stereocenters. The number of carbonyl (C=O) groups excluding carboxylic acids is 1. The fourth-order valence-electron chi connectivity index (χ4n) is 1.88. The first-order chi connectivity index (χ1) is 8.72. The molecule has 3 heteroatoms. The first-order valence-electron chi connectivity index (χ1n) is 5.95. The predicted octanol–water partition coefficient (Wildman–Crippen LogP) is 2.94. The molecule has 0 spiro atoms. The van der Waals surface area contributed by atoms with Crippen LogP contribution in [0.4, 0.5) is 11.4 Å².